The first-order valence-corrected chi connectivity index (χ1v) is 7.96. The van der Waals surface area contributed by atoms with Gasteiger partial charge in [-0.3, -0.25) is 4.79 Å². The van der Waals surface area contributed by atoms with E-state index in [1.54, 1.807) is 12.1 Å². The Hall–Kier alpha value is -1.17. The van der Waals surface area contributed by atoms with Crippen molar-refractivity contribution in [3.8, 4) is 11.5 Å². The summed E-state index contributed by atoms with van der Waals surface area (Å²) < 4.78 is 10.7. The number of methoxy groups -OCH3 is 1. The predicted molar refractivity (Wildman–Crippen MR) is 96.3 cm³/mol. The van der Waals surface area contributed by atoms with Gasteiger partial charge >= 0.3 is 0 Å². The zero-order chi connectivity index (χ0) is 16.5. The van der Waals surface area contributed by atoms with Crippen LogP contribution in [0.25, 0.3) is 0 Å². The average Bonchev–Trinajstić information content (AvgIpc) is 2.52. The minimum Gasteiger partial charge on any atom is -0.493 e. The van der Waals surface area contributed by atoms with Gasteiger partial charge in [-0.1, -0.05) is 31.4 Å². The highest BCUT2D eigenvalue weighted by atomic mass is 35.5. The zero-order valence-electron chi connectivity index (χ0n) is 13.9. The summed E-state index contributed by atoms with van der Waals surface area (Å²) in [5.74, 6) is 0.678. The molecule has 0 heterocycles. The van der Waals surface area contributed by atoms with Gasteiger partial charge in [0.25, 0.3) is 5.91 Å². The zero-order valence-corrected chi connectivity index (χ0v) is 15.4. The molecule has 7 heteroatoms. The molecule has 0 fully saturated rings. The van der Waals surface area contributed by atoms with Crippen molar-refractivity contribution in [1.82, 2.24) is 5.32 Å². The molecular weight excluding hydrogens is 339 g/mol. The lowest BCUT2D eigenvalue weighted by Crippen LogP contribution is -2.40. The second-order valence-corrected chi connectivity index (χ2v) is 5.38. The van der Waals surface area contributed by atoms with Crippen LogP contribution in [-0.2, 0) is 0 Å². The highest BCUT2D eigenvalue weighted by Crippen LogP contribution is 2.36. The van der Waals surface area contributed by atoms with E-state index in [2.05, 4.69) is 12.2 Å². The van der Waals surface area contributed by atoms with Crippen molar-refractivity contribution in [3.63, 3.8) is 0 Å². The second-order valence-electron chi connectivity index (χ2n) is 4.97. The predicted octanol–water partition coefficient (Wildman–Crippen LogP) is 3.42. The third-order valence-corrected chi connectivity index (χ3v) is 3.59. The molecule has 0 aliphatic rings. The molecule has 5 nitrogen and oxygen atoms in total. The lowest BCUT2D eigenvalue weighted by Gasteiger charge is -2.18. The normalized spacial score (nSPS) is 11.3. The Morgan fingerprint density at radius 3 is 2.61 bits per heavy atom. The average molecular weight is 365 g/mol. The van der Waals surface area contributed by atoms with Crippen molar-refractivity contribution < 1.29 is 14.3 Å². The van der Waals surface area contributed by atoms with E-state index >= 15 is 0 Å². The summed E-state index contributed by atoms with van der Waals surface area (Å²) in [6.07, 6.45) is 2.95. The first-order chi connectivity index (χ1) is 10.6. The van der Waals surface area contributed by atoms with E-state index in [-0.39, 0.29) is 24.4 Å². The van der Waals surface area contributed by atoms with Gasteiger partial charge in [-0.2, -0.15) is 0 Å². The SMILES string of the molecule is CCCCC(CN)NC(=O)c1cc(Cl)c(OCC)c(OC)c1.Cl. The van der Waals surface area contributed by atoms with Gasteiger partial charge in [-0.25, -0.2) is 0 Å². The van der Waals surface area contributed by atoms with Crippen LogP contribution in [0.15, 0.2) is 12.1 Å². The third kappa shape index (κ3) is 6.45. The fraction of sp³-hybridized carbons (Fsp3) is 0.562. The topological polar surface area (TPSA) is 73.6 Å². The summed E-state index contributed by atoms with van der Waals surface area (Å²) >= 11 is 6.18. The highest BCUT2D eigenvalue weighted by molar-refractivity contribution is 6.32. The summed E-state index contributed by atoms with van der Waals surface area (Å²) in [7, 11) is 1.51. The van der Waals surface area contributed by atoms with E-state index in [1.807, 2.05) is 6.92 Å². The summed E-state index contributed by atoms with van der Waals surface area (Å²) in [6, 6.07) is 3.17. The summed E-state index contributed by atoms with van der Waals surface area (Å²) in [6.45, 7) is 4.84. The second kappa shape index (κ2) is 11.4. The van der Waals surface area contributed by atoms with Gasteiger partial charge in [0.2, 0.25) is 0 Å². The Bertz CT molecular complexity index is 498. The van der Waals surface area contributed by atoms with Crippen LogP contribution in [0, 0.1) is 0 Å². The molecule has 0 aromatic heterocycles. The highest BCUT2D eigenvalue weighted by Gasteiger charge is 2.17. The first-order valence-electron chi connectivity index (χ1n) is 7.58. The van der Waals surface area contributed by atoms with Crippen molar-refractivity contribution in [2.24, 2.45) is 5.73 Å². The number of halogens is 2. The Labute approximate surface area is 149 Å². The van der Waals surface area contributed by atoms with E-state index < -0.39 is 0 Å². The van der Waals surface area contributed by atoms with Crippen molar-refractivity contribution in [1.29, 1.82) is 0 Å². The molecule has 1 rings (SSSR count). The van der Waals surface area contributed by atoms with Crippen molar-refractivity contribution in [2.45, 2.75) is 39.2 Å². The maximum atomic E-state index is 12.3. The van der Waals surface area contributed by atoms with Crippen LogP contribution in [0.5, 0.6) is 11.5 Å². The van der Waals surface area contributed by atoms with Gasteiger partial charge in [-0.05, 0) is 25.5 Å². The Morgan fingerprint density at radius 2 is 2.09 bits per heavy atom. The molecular formula is C16H26Cl2N2O3. The number of nitrogens with two attached hydrogens (primary N) is 1. The fourth-order valence-corrected chi connectivity index (χ4v) is 2.37. The molecule has 0 radical (unpaired) electrons. The summed E-state index contributed by atoms with van der Waals surface area (Å²) in [5.41, 5.74) is 6.13. The molecule has 3 N–H and O–H groups in total. The number of nitrogens with one attached hydrogen (secondary N) is 1. The molecule has 1 atom stereocenters. The van der Waals surface area contributed by atoms with Gasteiger partial charge in [0.1, 0.15) is 0 Å². The Balaban J connectivity index is 0.00000484. The number of benzene rings is 1. The lowest BCUT2D eigenvalue weighted by atomic mass is 10.1. The molecule has 23 heavy (non-hydrogen) atoms. The number of carbonyl (C=O) groups excluding carboxylic acids is 1. The molecule has 1 aromatic rings. The summed E-state index contributed by atoms with van der Waals surface area (Å²) in [5, 5.41) is 3.28. The molecule has 1 unspecified atom stereocenters. The molecule has 0 saturated heterocycles. The third-order valence-electron chi connectivity index (χ3n) is 3.31. The van der Waals surface area contributed by atoms with Crippen LogP contribution >= 0.6 is 24.0 Å². The van der Waals surface area contributed by atoms with E-state index in [0.717, 1.165) is 19.3 Å². The molecule has 0 saturated carbocycles. The molecule has 0 spiro atoms. The Morgan fingerprint density at radius 1 is 1.39 bits per heavy atom. The standard InChI is InChI=1S/C16H25ClN2O3.ClH/c1-4-6-7-12(10-18)19-16(20)11-8-13(17)15(22-5-2)14(9-11)21-3;/h8-9,12H,4-7,10,18H2,1-3H3,(H,19,20);1H. The number of hydrogen-bond acceptors (Lipinski definition) is 4. The minimum atomic E-state index is -0.213. The van der Waals surface area contributed by atoms with E-state index in [4.69, 9.17) is 26.8 Å². The molecule has 132 valence electrons. The van der Waals surface area contributed by atoms with Crippen LogP contribution in [0.3, 0.4) is 0 Å². The first kappa shape index (κ1) is 21.8. The van der Waals surface area contributed by atoms with Crippen LogP contribution < -0.4 is 20.5 Å². The lowest BCUT2D eigenvalue weighted by molar-refractivity contribution is 0.0935. The van der Waals surface area contributed by atoms with Crippen molar-refractivity contribution >= 4 is 29.9 Å². The molecule has 1 aromatic carbocycles. The molecule has 0 bridgehead atoms. The quantitative estimate of drug-likeness (QED) is 0.703. The molecule has 1 amide bonds. The van der Waals surface area contributed by atoms with E-state index in [9.17, 15) is 4.79 Å². The number of hydrogen-bond donors (Lipinski definition) is 2. The van der Waals surface area contributed by atoms with Gasteiger partial charge in [0.05, 0.1) is 18.7 Å². The van der Waals surface area contributed by atoms with Crippen LogP contribution in [0.2, 0.25) is 5.02 Å². The number of carbonyl (C=O) groups is 1. The van der Waals surface area contributed by atoms with Crippen LogP contribution in [0.4, 0.5) is 0 Å². The number of amides is 1. The summed E-state index contributed by atoms with van der Waals surface area (Å²) in [4.78, 5) is 12.3. The maximum absolute atomic E-state index is 12.3. The number of rotatable bonds is 9. The maximum Gasteiger partial charge on any atom is 0.251 e. The van der Waals surface area contributed by atoms with Crippen LogP contribution in [0.1, 0.15) is 43.5 Å². The largest absolute Gasteiger partial charge is 0.493 e. The van der Waals surface area contributed by atoms with E-state index in [0.29, 0.717) is 35.2 Å². The van der Waals surface area contributed by atoms with Crippen molar-refractivity contribution in [3.05, 3.63) is 22.7 Å². The van der Waals surface area contributed by atoms with Gasteiger partial charge in [0.15, 0.2) is 11.5 Å². The number of unbranched alkanes of at least 4 members (excludes halogenated alkanes) is 1. The van der Waals surface area contributed by atoms with Gasteiger partial charge in [-0.15, -0.1) is 12.4 Å². The molecule has 0 aliphatic carbocycles. The Kier molecular flexibility index (Phi) is 10.8. The fourth-order valence-electron chi connectivity index (χ4n) is 2.10. The molecule has 0 aliphatic heterocycles. The smallest absolute Gasteiger partial charge is 0.251 e. The van der Waals surface area contributed by atoms with E-state index in [1.165, 1.54) is 7.11 Å². The number of ether oxygens (including phenoxy) is 2. The van der Waals surface area contributed by atoms with Gasteiger partial charge < -0.3 is 20.5 Å². The van der Waals surface area contributed by atoms with Crippen molar-refractivity contribution in [2.75, 3.05) is 20.3 Å². The minimum absolute atomic E-state index is 0. The monoisotopic (exact) mass is 364 g/mol. The van der Waals surface area contributed by atoms with Crippen LogP contribution in [-0.4, -0.2) is 32.2 Å². The van der Waals surface area contributed by atoms with Gasteiger partial charge in [0, 0.05) is 18.2 Å².